The van der Waals surface area contributed by atoms with E-state index in [1.54, 1.807) is 18.6 Å². The first-order valence-electron chi connectivity index (χ1n) is 16.3. The highest BCUT2D eigenvalue weighted by molar-refractivity contribution is 6.23. The van der Waals surface area contributed by atoms with Gasteiger partial charge in [0.15, 0.2) is 5.65 Å². The zero-order valence-electron chi connectivity index (χ0n) is 26.2. The van der Waals surface area contributed by atoms with Crippen LogP contribution in [0.15, 0.2) is 163 Å². The first kappa shape index (κ1) is 27.4. The zero-order chi connectivity index (χ0) is 32.3. The number of hydrogen-bond donors (Lipinski definition) is 0. The maximum absolute atomic E-state index is 6.52. The molecular weight excluding hydrogens is 601 g/mol. The number of para-hydroxylation sites is 1. The van der Waals surface area contributed by atoms with Crippen LogP contribution in [0.25, 0.3) is 99.3 Å². The van der Waals surface area contributed by atoms with Gasteiger partial charge < -0.3 is 4.42 Å². The summed E-state index contributed by atoms with van der Waals surface area (Å²) in [5.41, 5.74) is 11.4. The third-order valence-corrected chi connectivity index (χ3v) is 9.44. The largest absolute Gasteiger partial charge is 0.455 e. The lowest BCUT2D eigenvalue weighted by Crippen LogP contribution is -1.95. The van der Waals surface area contributed by atoms with Crippen LogP contribution in [0.2, 0.25) is 0 Å². The Kier molecular flexibility index (Phi) is 6.11. The van der Waals surface area contributed by atoms with Gasteiger partial charge in [0, 0.05) is 52.1 Å². The molecule has 0 spiro atoms. The highest BCUT2D eigenvalue weighted by Gasteiger charge is 2.19. The smallest absolute Gasteiger partial charge is 0.179 e. The molecule has 0 bridgehead atoms. The van der Waals surface area contributed by atoms with Crippen molar-refractivity contribution >= 4 is 54.6 Å². The minimum Gasteiger partial charge on any atom is -0.455 e. The standard InChI is InChI=1S/C44H26N4O/c1-2-7-30-22-31(16-15-27(30)6-1)28-11-13-29(14-12-28)33-23-34(32-8-5-19-45-26-32)25-35(24-33)41-38-18-17-37-36-9-3-4-10-39(36)49-43(37)40(38)42-44(48-41)47-21-20-46-42/h1-26H. The molecule has 0 atom stereocenters. The van der Waals surface area contributed by atoms with Gasteiger partial charge in [-0.1, -0.05) is 91.0 Å². The summed E-state index contributed by atoms with van der Waals surface area (Å²) in [5, 5.41) is 6.46. The minimum absolute atomic E-state index is 0.575. The monoisotopic (exact) mass is 626 g/mol. The van der Waals surface area contributed by atoms with Crippen LogP contribution in [0.1, 0.15) is 0 Å². The van der Waals surface area contributed by atoms with Gasteiger partial charge in [0.25, 0.3) is 0 Å². The van der Waals surface area contributed by atoms with Crippen LogP contribution >= 0.6 is 0 Å². The van der Waals surface area contributed by atoms with Crippen molar-refractivity contribution in [3.05, 3.63) is 158 Å². The molecule has 228 valence electrons. The van der Waals surface area contributed by atoms with Gasteiger partial charge in [0.1, 0.15) is 16.7 Å². The van der Waals surface area contributed by atoms with Crippen molar-refractivity contribution in [3.63, 3.8) is 0 Å². The Morgan fingerprint density at radius 2 is 1.16 bits per heavy atom. The molecular formula is C44H26N4O. The summed E-state index contributed by atoms with van der Waals surface area (Å²) in [6.45, 7) is 0. The van der Waals surface area contributed by atoms with E-state index in [-0.39, 0.29) is 0 Å². The number of nitrogens with zero attached hydrogens (tertiary/aromatic N) is 4. The molecule has 0 aliphatic carbocycles. The Morgan fingerprint density at radius 1 is 0.449 bits per heavy atom. The predicted octanol–water partition coefficient (Wildman–Crippen LogP) is 11.3. The lowest BCUT2D eigenvalue weighted by Gasteiger charge is -2.14. The summed E-state index contributed by atoms with van der Waals surface area (Å²) in [6.07, 6.45) is 7.11. The fraction of sp³-hybridized carbons (Fsp3) is 0. The highest BCUT2D eigenvalue weighted by atomic mass is 16.3. The number of pyridine rings is 2. The van der Waals surface area contributed by atoms with E-state index in [9.17, 15) is 0 Å². The quantitative estimate of drug-likeness (QED) is 0.182. The predicted molar refractivity (Wildman–Crippen MR) is 199 cm³/mol. The summed E-state index contributed by atoms with van der Waals surface area (Å²) in [4.78, 5) is 19.0. The second-order valence-electron chi connectivity index (χ2n) is 12.3. The van der Waals surface area contributed by atoms with E-state index in [4.69, 9.17) is 14.4 Å². The molecule has 5 heteroatoms. The first-order chi connectivity index (χ1) is 24.3. The molecule has 49 heavy (non-hydrogen) atoms. The Morgan fingerprint density at radius 3 is 2.02 bits per heavy atom. The van der Waals surface area contributed by atoms with E-state index in [1.165, 1.54) is 21.9 Å². The Balaban J connectivity index is 1.18. The Hall–Kier alpha value is -6.72. The average molecular weight is 627 g/mol. The molecule has 5 nitrogen and oxygen atoms in total. The molecule has 4 aromatic heterocycles. The molecule has 0 N–H and O–H groups in total. The fourth-order valence-electron chi connectivity index (χ4n) is 7.05. The van der Waals surface area contributed by atoms with Crippen molar-refractivity contribution in [3.8, 4) is 44.6 Å². The van der Waals surface area contributed by atoms with Crippen molar-refractivity contribution in [1.82, 2.24) is 19.9 Å². The van der Waals surface area contributed by atoms with Crippen LogP contribution in [-0.4, -0.2) is 19.9 Å². The van der Waals surface area contributed by atoms with E-state index < -0.39 is 0 Å². The number of rotatable bonds is 4. The third-order valence-electron chi connectivity index (χ3n) is 9.44. The van der Waals surface area contributed by atoms with Gasteiger partial charge in [-0.25, -0.2) is 9.97 Å². The Labute approximate surface area is 281 Å². The van der Waals surface area contributed by atoms with Crippen molar-refractivity contribution in [2.24, 2.45) is 0 Å². The van der Waals surface area contributed by atoms with Crippen molar-refractivity contribution in [2.45, 2.75) is 0 Å². The maximum Gasteiger partial charge on any atom is 0.179 e. The van der Waals surface area contributed by atoms with Gasteiger partial charge >= 0.3 is 0 Å². The number of fused-ring (bicyclic) bond motifs is 8. The summed E-state index contributed by atoms with van der Waals surface area (Å²) in [5.74, 6) is 0. The molecule has 4 heterocycles. The normalized spacial score (nSPS) is 11.7. The van der Waals surface area contributed by atoms with Crippen molar-refractivity contribution < 1.29 is 4.42 Å². The topological polar surface area (TPSA) is 64.7 Å². The van der Waals surface area contributed by atoms with E-state index in [2.05, 4.69) is 119 Å². The average Bonchev–Trinajstić information content (AvgIpc) is 3.56. The van der Waals surface area contributed by atoms with Gasteiger partial charge in [-0.3, -0.25) is 9.97 Å². The summed E-state index contributed by atoms with van der Waals surface area (Å²) >= 11 is 0. The molecule has 10 rings (SSSR count). The summed E-state index contributed by atoms with van der Waals surface area (Å²) < 4.78 is 6.52. The molecule has 0 aliphatic rings. The highest BCUT2D eigenvalue weighted by Crippen LogP contribution is 2.41. The van der Waals surface area contributed by atoms with E-state index in [1.807, 2.05) is 30.5 Å². The molecule has 10 aromatic rings. The van der Waals surface area contributed by atoms with Gasteiger partial charge in [-0.05, 0) is 81.1 Å². The fourth-order valence-corrected chi connectivity index (χ4v) is 7.05. The lowest BCUT2D eigenvalue weighted by atomic mass is 9.92. The van der Waals surface area contributed by atoms with Gasteiger partial charge in [-0.2, -0.15) is 0 Å². The Bertz CT molecular complexity index is 2880. The zero-order valence-corrected chi connectivity index (χ0v) is 26.2. The second kappa shape index (κ2) is 10.9. The molecule has 0 amide bonds. The van der Waals surface area contributed by atoms with E-state index in [0.717, 1.165) is 71.7 Å². The van der Waals surface area contributed by atoms with Gasteiger partial charge in [-0.15, -0.1) is 0 Å². The van der Waals surface area contributed by atoms with Crippen LogP contribution in [0.3, 0.4) is 0 Å². The SMILES string of the molecule is c1cncc(-c2cc(-c3ccc(-c4ccc5ccccc5c4)cc3)cc(-c3nc4nccnc4c4c3ccc3c5ccccc5oc34)c2)c1. The van der Waals surface area contributed by atoms with E-state index in [0.29, 0.717) is 5.65 Å². The van der Waals surface area contributed by atoms with Gasteiger partial charge in [0.2, 0.25) is 0 Å². The van der Waals surface area contributed by atoms with Crippen LogP contribution in [0.5, 0.6) is 0 Å². The minimum atomic E-state index is 0.575. The van der Waals surface area contributed by atoms with Crippen LogP contribution in [0, 0.1) is 0 Å². The lowest BCUT2D eigenvalue weighted by molar-refractivity contribution is 0.673. The van der Waals surface area contributed by atoms with Crippen molar-refractivity contribution in [1.29, 1.82) is 0 Å². The molecule has 0 saturated heterocycles. The second-order valence-corrected chi connectivity index (χ2v) is 12.3. The van der Waals surface area contributed by atoms with Gasteiger partial charge in [0.05, 0.1) is 11.1 Å². The van der Waals surface area contributed by atoms with Crippen LogP contribution < -0.4 is 0 Å². The molecule has 0 radical (unpaired) electrons. The molecule has 0 fully saturated rings. The number of aromatic nitrogens is 4. The molecule has 0 aliphatic heterocycles. The number of hydrogen-bond acceptors (Lipinski definition) is 5. The number of benzene rings is 6. The van der Waals surface area contributed by atoms with E-state index >= 15 is 0 Å². The third kappa shape index (κ3) is 4.55. The van der Waals surface area contributed by atoms with Crippen LogP contribution in [-0.2, 0) is 0 Å². The number of furan rings is 1. The summed E-state index contributed by atoms with van der Waals surface area (Å²) in [6, 6.07) is 47.0. The summed E-state index contributed by atoms with van der Waals surface area (Å²) in [7, 11) is 0. The molecule has 0 unspecified atom stereocenters. The molecule has 0 saturated carbocycles. The first-order valence-corrected chi connectivity index (χ1v) is 16.3. The van der Waals surface area contributed by atoms with Crippen LogP contribution in [0.4, 0.5) is 0 Å². The van der Waals surface area contributed by atoms with Crippen molar-refractivity contribution in [2.75, 3.05) is 0 Å². The molecule has 6 aromatic carbocycles. The maximum atomic E-state index is 6.52.